The fraction of sp³-hybridized carbons (Fsp3) is 0.714. The third-order valence-electron chi connectivity index (χ3n) is 2.90. The maximum absolute atomic E-state index is 5.77. The second kappa shape index (κ2) is 6.70. The van der Waals surface area contributed by atoms with Crippen molar-refractivity contribution in [2.24, 2.45) is 5.84 Å². The summed E-state index contributed by atoms with van der Waals surface area (Å²) in [4.78, 5) is 8.96. The summed E-state index contributed by atoms with van der Waals surface area (Å²) in [5, 5.41) is 0. The average Bonchev–Trinajstić information content (AvgIpc) is 2.35. The molecule has 0 aliphatic carbocycles. The molecule has 0 unspecified atom stereocenters. The van der Waals surface area contributed by atoms with Crippen LogP contribution >= 0.6 is 0 Å². The minimum atomic E-state index is -0.138. The lowest BCUT2D eigenvalue weighted by atomic mass is 9.95. The minimum absolute atomic E-state index is 0.138. The molecule has 1 aromatic rings. The van der Waals surface area contributed by atoms with Gasteiger partial charge in [0.05, 0.1) is 12.2 Å². The fourth-order valence-corrected chi connectivity index (χ4v) is 1.63. The Morgan fingerprint density at radius 2 is 1.89 bits per heavy atom. The van der Waals surface area contributed by atoms with E-state index in [2.05, 4.69) is 43.1 Å². The SMILES string of the molecule is CCCCCOc1nc(C(C)(C)C)nc(NN)c1C. The summed E-state index contributed by atoms with van der Waals surface area (Å²) in [7, 11) is 0. The van der Waals surface area contributed by atoms with Gasteiger partial charge in [-0.05, 0) is 13.3 Å². The number of nitrogens with one attached hydrogen (secondary N) is 1. The van der Waals surface area contributed by atoms with E-state index in [1.54, 1.807) is 0 Å². The molecule has 19 heavy (non-hydrogen) atoms. The molecule has 0 fully saturated rings. The van der Waals surface area contributed by atoms with E-state index >= 15 is 0 Å². The monoisotopic (exact) mass is 266 g/mol. The van der Waals surface area contributed by atoms with Crippen molar-refractivity contribution in [2.75, 3.05) is 12.0 Å². The van der Waals surface area contributed by atoms with Crippen molar-refractivity contribution >= 4 is 5.82 Å². The van der Waals surface area contributed by atoms with E-state index in [1.807, 2.05) is 6.92 Å². The maximum Gasteiger partial charge on any atom is 0.221 e. The van der Waals surface area contributed by atoms with Crippen LogP contribution in [0, 0.1) is 6.92 Å². The van der Waals surface area contributed by atoms with Crippen LogP contribution in [0.4, 0.5) is 5.82 Å². The Balaban J connectivity index is 2.95. The van der Waals surface area contributed by atoms with Crippen molar-refractivity contribution in [3.63, 3.8) is 0 Å². The summed E-state index contributed by atoms with van der Waals surface area (Å²) in [5.74, 6) is 7.50. The second-order valence-electron chi connectivity index (χ2n) is 5.78. The van der Waals surface area contributed by atoms with Gasteiger partial charge in [0.25, 0.3) is 0 Å². The van der Waals surface area contributed by atoms with Crippen LogP contribution in [0.25, 0.3) is 0 Å². The van der Waals surface area contributed by atoms with Gasteiger partial charge in [0.2, 0.25) is 5.88 Å². The van der Waals surface area contributed by atoms with E-state index in [0.717, 1.165) is 24.2 Å². The van der Waals surface area contributed by atoms with Crippen LogP contribution in [0.2, 0.25) is 0 Å². The van der Waals surface area contributed by atoms with Crippen LogP contribution < -0.4 is 16.0 Å². The molecule has 3 N–H and O–H groups in total. The van der Waals surface area contributed by atoms with Gasteiger partial charge in [-0.15, -0.1) is 0 Å². The molecule has 0 aliphatic heterocycles. The minimum Gasteiger partial charge on any atom is -0.477 e. The third kappa shape index (κ3) is 4.35. The fourth-order valence-electron chi connectivity index (χ4n) is 1.63. The van der Waals surface area contributed by atoms with E-state index in [-0.39, 0.29) is 5.41 Å². The van der Waals surface area contributed by atoms with Gasteiger partial charge in [-0.1, -0.05) is 40.5 Å². The predicted molar refractivity (Wildman–Crippen MR) is 78.3 cm³/mol. The largest absolute Gasteiger partial charge is 0.477 e. The van der Waals surface area contributed by atoms with Gasteiger partial charge in [-0.2, -0.15) is 4.98 Å². The smallest absolute Gasteiger partial charge is 0.221 e. The van der Waals surface area contributed by atoms with E-state index < -0.39 is 0 Å². The topological polar surface area (TPSA) is 73.1 Å². The first-order valence-corrected chi connectivity index (χ1v) is 6.88. The van der Waals surface area contributed by atoms with Crippen molar-refractivity contribution in [1.82, 2.24) is 9.97 Å². The van der Waals surface area contributed by atoms with Gasteiger partial charge in [-0.3, -0.25) is 0 Å². The van der Waals surface area contributed by atoms with Gasteiger partial charge >= 0.3 is 0 Å². The zero-order valence-corrected chi connectivity index (χ0v) is 12.7. The number of nitrogens with zero attached hydrogens (tertiary/aromatic N) is 2. The van der Waals surface area contributed by atoms with Crippen LogP contribution in [0.5, 0.6) is 5.88 Å². The summed E-state index contributed by atoms with van der Waals surface area (Å²) in [5.41, 5.74) is 3.33. The Hall–Kier alpha value is -1.36. The Kier molecular flexibility index (Phi) is 5.54. The van der Waals surface area contributed by atoms with Crippen LogP contribution in [0.15, 0.2) is 0 Å². The van der Waals surface area contributed by atoms with E-state index in [1.165, 1.54) is 6.42 Å². The summed E-state index contributed by atoms with van der Waals surface area (Å²) in [6, 6.07) is 0. The molecule has 0 radical (unpaired) electrons. The van der Waals surface area contributed by atoms with Gasteiger partial charge in [0, 0.05) is 5.41 Å². The molecular formula is C14H26N4O. The molecule has 0 amide bonds. The van der Waals surface area contributed by atoms with Crippen LogP contribution in [0.3, 0.4) is 0 Å². The molecule has 1 aromatic heterocycles. The molecular weight excluding hydrogens is 240 g/mol. The first-order valence-electron chi connectivity index (χ1n) is 6.88. The number of nitrogen functional groups attached to an aromatic ring is 1. The van der Waals surface area contributed by atoms with Gasteiger partial charge in [-0.25, -0.2) is 10.8 Å². The molecule has 0 saturated carbocycles. The Morgan fingerprint density at radius 3 is 2.42 bits per heavy atom. The lowest BCUT2D eigenvalue weighted by Gasteiger charge is -2.20. The second-order valence-corrected chi connectivity index (χ2v) is 5.78. The number of hydrogen-bond donors (Lipinski definition) is 2. The number of rotatable bonds is 6. The van der Waals surface area contributed by atoms with E-state index in [0.29, 0.717) is 18.3 Å². The molecule has 0 atom stereocenters. The van der Waals surface area contributed by atoms with Crippen molar-refractivity contribution in [1.29, 1.82) is 0 Å². The van der Waals surface area contributed by atoms with Crippen LogP contribution in [0.1, 0.15) is 58.3 Å². The molecule has 108 valence electrons. The summed E-state index contributed by atoms with van der Waals surface area (Å²) >= 11 is 0. The maximum atomic E-state index is 5.77. The number of nitrogens with two attached hydrogens (primary N) is 1. The average molecular weight is 266 g/mol. The first kappa shape index (κ1) is 15.7. The molecule has 0 aliphatic rings. The summed E-state index contributed by atoms with van der Waals surface area (Å²) in [6.45, 7) is 11.0. The number of anilines is 1. The standard InChI is InChI=1S/C14H26N4O/c1-6-7-8-9-19-12-10(2)11(18-15)16-13(17-12)14(3,4)5/h6-9,15H2,1-5H3,(H,16,17,18). The zero-order chi connectivity index (χ0) is 14.5. The highest BCUT2D eigenvalue weighted by Crippen LogP contribution is 2.27. The van der Waals surface area contributed by atoms with Gasteiger partial charge in [0.1, 0.15) is 5.82 Å². The lowest BCUT2D eigenvalue weighted by molar-refractivity contribution is 0.289. The van der Waals surface area contributed by atoms with E-state index in [4.69, 9.17) is 10.6 Å². The highest BCUT2D eigenvalue weighted by Gasteiger charge is 2.21. The van der Waals surface area contributed by atoms with Crippen LogP contribution in [-0.4, -0.2) is 16.6 Å². The normalized spacial score (nSPS) is 11.5. The van der Waals surface area contributed by atoms with Crippen molar-refractivity contribution in [3.8, 4) is 5.88 Å². The zero-order valence-electron chi connectivity index (χ0n) is 12.7. The summed E-state index contributed by atoms with van der Waals surface area (Å²) < 4.78 is 5.77. The lowest BCUT2D eigenvalue weighted by Crippen LogP contribution is -2.20. The van der Waals surface area contributed by atoms with Crippen molar-refractivity contribution in [2.45, 2.75) is 59.3 Å². The highest BCUT2D eigenvalue weighted by molar-refractivity contribution is 5.48. The third-order valence-corrected chi connectivity index (χ3v) is 2.90. The number of aromatic nitrogens is 2. The Labute approximate surface area is 115 Å². The van der Waals surface area contributed by atoms with Gasteiger partial charge < -0.3 is 10.2 Å². The Bertz CT molecular complexity index is 413. The van der Waals surface area contributed by atoms with Gasteiger partial charge in [0.15, 0.2) is 5.82 Å². The molecule has 1 heterocycles. The highest BCUT2D eigenvalue weighted by atomic mass is 16.5. The first-order chi connectivity index (χ1) is 8.90. The number of ether oxygens (including phenoxy) is 1. The molecule has 5 nitrogen and oxygen atoms in total. The van der Waals surface area contributed by atoms with Crippen molar-refractivity contribution < 1.29 is 4.74 Å². The number of hydrogen-bond acceptors (Lipinski definition) is 5. The molecule has 5 heteroatoms. The van der Waals surface area contributed by atoms with Crippen LogP contribution in [-0.2, 0) is 5.41 Å². The molecule has 0 aromatic carbocycles. The Morgan fingerprint density at radius 1 is 1.21 bits per heavy atom. The van der Waals surface area contributed by atoms with E-state index in [9.17, 15) is 0 Å². The molecule has 0 bridgehead atoms. The number of hydrazine groups is 1. The quantitative estimate of drug-likeness (QED) is 0.470. The molecule has 0 spiro atoms. The molecule has 0 saturated heterocycles. The van der Waals surface area contributed by atoms with Crippen molar-refractivity contribution in [3.05, 3.63) is 11.4 Å². The summed E-state index contributed by atoms with van der Waals surface area (Å²) in [6.07, 6.45) is 3.38. The molecule has 1 rings (SSSR count). The number of unbranched alkanes of at least 4 members (excludes halogenated alkanes) is 2. The predicted octanol–water partition coefficient (Wildman–Crippen LogP) is 2.94.